The summed E-state index contributed by atoms with van der Waals surface area (Å²) in [5.41, 5.74) is 2.14. The van der Waals surface area contributed by atoms with Crippen molar-refractivity contribution >= 4 is 17.6 Å². The van der Waals surface area contributed by atoms with Crippen LogP contribution in [0.1, 0.15) is 38.7 Å². The Hall–Kier alpha value is -2.10. The molecule has 2 aliphatic rings. The number of hydrogen-bond donors (Lipinski definition) is 1. The van der Waals surface area contributed by atoms with Crippen LogP contribution in [-0.4, -0.2) is 23.5 Å². The zero-order chi connectivity index (χ0) is 16.6. The van der Waals surface area contributed by atoms with Gasteiger partial charge in [0.2, 0.25) is 5.91 Å². The van der Waals surface area contributed by atoms with Gasteiger partial charge < -0.3 is 10.0 Å². The second-order valence-corrected chi connectivity index (χ2v) is 7.13. The van der Waals surface area contributed by atoms with Gasteiger partial charge in [-0.1, -0.05) is 44.2 Å². The summed E-state index contributed by atoms with van der Waals surface area (Å²) < 4.78 is 0. The molecule has 0 radical (unpaired) electrons. The van der Waals surface area contributed by atoms with Crippen molar-refractivity contribution in [2.24, 2.45) is 11.8 Å². The number of aliphatic carboxylic acids is 1. The molecular weight excluding hydrogens is 290 g/mol. The summed E-state index contributed by atoms with van der Waals surface area (Å²) in [6.45, 7) is 5.03. The third kappa shape index (κ3) is 2.78. The molecule has 0 saturated heterocycles. The van der Waals surface area contributed by atoms with Crippen LogP contribution in [-0.2, 0) is 15.0 Å². The summed E-state index contributed by atoms with van der Waals surface area (Å²) >= 11 is 0. The predicted molar refractivity (Wildman–Crippen MR) is 89.4 cm³/mol. The van der Waals surface area contributed by atoms with E-state index in [0.717, 1.165) is 17.7 Å². The van der Waals surface area contributed by atoms with Crippen LogP contribution in [0, 0.1) is 11.8 Å². The number of amides is 1. The lowest BCUT2D eigenvalue weighted by Crippen LogP contribution is -2.46. The number of carbonyl (C=O) groups excluding carboxylic acids is 1. The van der Waals surface area contributed by atoms with Crippen LogP contribution >= 0.6 is 0 Å². The van der Waals surface area contributed by atoms with Crippen molar-refractivity contribution in [2.75, 3.05) is 11.4 Å². The first-order valence-corrected chi connectivity index (χ1v) is 8.20. The highest BCUT2D eigenvalue weighted by molar-refractivity contribution is 5.98. The number of rotatable bonds is 2. The number of para-hydroxylation sites is 1. The van der Waals surface area contributed by atoms with Crippen molar-refractivity contribution in [1.29, 1.82) is 0 Å². The van der Waals surface area contributed by atoms with Crippen LogP contribution in [0.5, 0.6) is 0 Å². The third-order valence-electron chi connectivity index (χ3n) is 5.22. The first-order chi connectivity index (χ1) is 10.9. The molecule has 4 heteroatoms. The fraction of sp³-hybridized carbons (Fsp3) is 0.474. The number of fused-ring (bicyclic) bond motifs is 1. The molecule has 23 heavy (non-hydrogen) atoms. The van der Waals surface area contributed by atoms with Gasteiger partial charge in [-0.05, 0) is 36.3 Å². The fourth-order valence-corrected chi connectivity index (χ4v) is 3.72. The van der Waals surface area contributed by atoms with Gasteiger partial charge in [-0.15, -0.1) is 0 Å². The second-order valence-electron chi connectivity index (χ2n) is 7.13. The van der Waals surface area contributed by atoms with Gasteiger partial charge in [-0.3, -0.25) is 9.59 Å². The van der Waals surface area contributed by atoms with E-state index in [9.17, 15) is 14.7 Å². The van der Waals surface area contributed by atoms with Crippen molar-refractivity contribution in [2.45, 2.75) is 38.5 Å². The lowest BCUT2D eigenvalue weighted by Gasteiger charge is -2.41. The van der Waals surface area contributed by atoms with Crippen molar-refractivity contribution in [3.05, 3.63) is 42.0 Å². The van der Waals surface area contributed by atoms with E-state index in [-0.39, 0.29) is 11.3 Å². The summed E-state index contributed by atoms with van der Waals surface area (Å²) in [6.07, 6.45) is 5.64. The number of carbonyl (C=O) groups is 2. The van der Waals surface area contributed by atoms with E-state index < -0.39 is 17.8 Å². The van der Waals surface area contributed by atoms with E-state index in [4.69, 9.17) is 0 Å². The Balaban J connectivity index is 1.94. The van der Waals surface area contributed by atoms with Gasteiger partial charge in [0.25, 0.3) is 0 Å². The minimum atomic E-state index is -0.877. The van der Waals surface area contributed by atoms with E-state index in [1.54, 1.807) is 4.90 Å². The van der Waals surface area contributed by atoms with Gasteiger partial charge in [-0.25, -0.2) is 0 Å². The van der Waals surface area contributed by atoms with Crippen molar-refractivity contribution in [1.82, 2.24) is 0 Å². The molecule has 1 N–H and O–H groups in total. The van der Waals surface area contributed by atoms with Crippen molar-refractivity contribution < 1.29 is 14.7 Å². The Morgan fingerprint density at radius 3 is 2.48 bits per heavy atom. The molecule has 0 saturated carbocycles. The number of hydrogen-bond acceptors (Lipinski definition) is 2. The molecule has 0 unspecified atom stereocenters. The van der Waals surface area contributed by atoms with Crippen LogP contribution in [0.25, 0.3) is 0 Å². The van der Waals surface area contributed by atoms with E-state index in [1.165, 1.54) is 0 Å². The Labute approximate surface area is 136 Å². The van der Waals surface area contributed by atoms with E-state index >= 15 is 0 Å². The lowest BCUT2D eigenvalue weighted by atomic mass is 9.76. The fourth-order valence-electron chi connectivity index (χ4n) is 3.72. The quantitative estimate of drug-likeness (QED) is 0.852. The number of anilines is 1. The highest BCUT2D eigenvalue weighted by Crippen LogP contribution is 2.41. The predicted octanol–water partition coefficient (Wildman–Crippen LogP) is 3.37. The van der Waals surface area contributed by atoms with Crippen LogP contribution in [0.4, 0.5) is 5.69 Å². The number of carboxylic acids is 1. The number of allylic oxidation sites excluding steroid dienone is 2. The average Bonchev–Trinajstić information content (AvgIpc) is 2.54. The Kier molecular flexibility index (Phi) is 4.00. The molecule has 2 atom stereocenters. The molecule has 122 valence electrons. The number of benzene rings is 1. The highest BCUT2D eigenvalue weighted by Gasteiger charge is 2.40. The van der Waals surface area contributed by atoms with Crippen molar-refractivity contribution in [3.8, 4) is 0 Å². The normalized spacial score (nSPS) is 25.7. The van der Waals surface area contributed by atoms with E-state index in [1.807, 2.05) is 30.4 Å². The van der Waals surface area contributed by atoms with Gasteiger partial charge in [0.05, 0.1) is 11.8 Å². The summed E-state index contributed by atoms with van der Waals surface area (Å²) in [4.78, 5) is 26.4. The molecule has 4 nitrogen and oxygen atoms in total. The smallest absolute Gasteiger partial charge is 0.307 e. The minimum Gasteiger partial charge on any atom is -0.481 e. The van der Waals surface area contributed by atoms with Crippen LogP contribution in [0.15, 0.2) is 36.4 Å². The number of carboxylic acid groups (broad SMARTS) is 1. The molecule has 0 spiro atoms. The van der Waals surface area contributed by atoms with Gasteiger partial charge in [-0.2, -0.15) is 0 Å². The molecule has 0 fully saturated rings. The first kappa shape index (κ1) is 15.8. The second kappa shape index (κ2) is 5.84. The summed E-state index contributed by atoms with van der Waals surface area (Å²) in [5, 5.41) is 9.43. The monoisotopic (exact) mass is 313 g/mol. The van der Waals surface area contributed by atoms with Gasteiger partial charge in [0, 0.05) is 12.2 Å². The van der Waals surface area contributed by atoms with E-state index in [0.29, 0.717) is 19.4 Å². The van der Waals surface area contributed by atoms with Crippen molar-refractivity contribution in [3.63, 3.8) is 0 Å². The van der Waals surface area contributed by atoms with Crippen LogP contribution in [0.3, 0.4) is 0 Å². The Bertz CT molecular complexity index is 662. The third-order valence-corrected chi connectivity index (χ3v) is 5.22. The van der Waals surface area contributed by atoms with Crippen LogP contribution in [0.2, 0.25) is 0 Å². The van der Waals surface area contributed by atoms with Gasteiger partial charge in [0.15, 0.2) is 0 Å². The highest BCUT2D eigenvalue weighted by atomic mass is 16.4. The molecule has 0 bridgehead atoms. The topological polar surface area (TPSA) is 57.6 Å². The molecule has 1 amide bonds. The molecule has 1 aliphatic carbocycles. The zero-order valence-electron chi connectivity index (χ0n) is 13.7. The largest absolute Gasteiger partial charge is 0.481 e. The maximum atomic E-state index is 13.1. The summed E-state index contributed by atoms with van der Waals surface area (Å²) in [5.74, 6) is -2.01. The van der Waals surface area contributed by atoms with Gasteiger partial charge in [0.1, 0.15) is 0 Å². The van der Waals surface area contributed by atoms with E-state index in [2.05, 4.69) is 19.9 Å². The SMILES string of the molecule is CC1(C)CCN(C(=O)[C@H]2CC=CC[C@@H]2C(=O)O)c2ccccc21. The molecule has 1 heterocycles. The summed E-state index contributed by atoms with van der Waals surface area (Å²) in [6, 6.07) is 7.99. The Morgan fingerprint density at radius 1 is 1.13 bits per heavy atom. The average molecular weight is 313 g/mol. The Morgan fingerprint density at radius 2 is 1.78 bits per heavy atom. The first-order valence-electron chi connectivity index (χ1n) is 8.20. The number of nitrogens with zero attached hydrogens (tertiary/aromatic N) is 1. The standard InChI is InChI=1S/C19H23NO3/c1-19(2)11-12-20(16-10-6-5-9-15(16)19)17(21)13-7-3-4-8-14(13)18(22)23/h3-6,9-10,13-14H,7-8,11-12H2,1-2H3,(H,22,23)/t13-,14-/m0/s1. The van der Waals surface area contributed by atoms with Gasteiger partial charge >= 0.3 is 5.97 Å². The zero-order valence-corrected chi connectivity index (χ0v) is 13.7. The van der Waals surface area contributed by atoms with Crippen LogP contribution < -0.4 is 4.90 Å². The molecular formula is C19H23NO3. The summed E-state index contributed by atoms with van der Waals surface area (Å²) in [7, 11) is 0. The lowest BCUT2D eigenvalue weighted by molar-refractivity contribution is -0.146. The minimum absolute atomic E-state index is 0.0338. The molecule has 1 aromatic carbocycles. The molecule has 3 rings (SSSR count). The maximum absolute atomic E-state index is 13.1. The molecule has 1 aromatic rings. The maximum Gasteiger partial charge on any atom is 0.307 e. The molecule has 1 aliphatic heterocycles. The molecule has 0 aromatic heterocycles.